The van der Waals surface area contributed by atoms with Gasteiger partial charge in [-0.2, -0.15) is 5.26 Å². The van der Waals surface area contributed by atoms with E-state index in [0.717, 1.165) is 13.1 Å². The van der Waals surface area contributed by atoms with Gasteiger partial charge >= 0.3 is 0 Å². The van der Waals surface area contributed by atoms with E-state index in [-0.39, 0.29) is 0 Å². The Balaban J connectivity index is 2.48. The topological polar surface area (TPSA) is 27.0 Å². The molecule has 0 aromatic rings. The van der Waals surface area contributed by atoms with Crippen LogP contribution in [0.15, 0.2) is 0 Å². The minimum Gasteiger partial charge on any atom is -0.290 e. The van der Waals surface area contributed by atoms with Gasteiger partial charge in [-0.25, -0.2) is 0 Å². The molecule has 0 bridgehead atoms. The Labute approximate surface area is 75.2 Å². The van der Waals surface area contributed by atoms with Gasteiger partial charge in [-0.15, -0.1) is 0 Å². The van der Waals surface area contributed by atoms with Crippen LogP contribution in [0.4, 0.5) is 0 Å². The fourth-order valence-corrected chi connectivity index (χ4v) is 2.09. The monoisotopic (exact) mass is 166 g/mol. The van der Waals surface area contributed by atoms with E-state index in [2.05, 4.69) is 24.8 Å². The molecule has 0 atom stereocenters. The predicted molar refractivity (Wildman–Crippen MR) is 49.7 cm³/mol. The smallest absolute Gasteiger partial charge is 0.0866 e. The van der Waals surface area contributed by atoms with Gasteiger partial charge in [-0.3, -0.25) is 4.90 Å². The number of nitriles is 1. The summed E-state index contributed by atoms with van der Waals surface area (Å²) >= 11 is 0. The first-order chi connectivity index (χ1) is 5.76. The zero-order chi connectivity index (χ0) is 9.03. The maximum absolute atomic E-state index is 8.55. The van der Waals surface area contributed by atoms with Crippen molar-refractivity contribution >= 4 is 0 Å². The van der Waals surface area contributed by atoms with Crippen molar-refractivity contribution in [2.45, 2.75) is 33.1 Å². The molecule has 0 saturated carbocycles. The summed E-state index contributed by atoms with van der Waals surface area (Å²) in [4.78, 5) is 2.27. The van der Waals surface area contributed by atoms with Gasteiger partial charge in [-0.1, -0.05) is 13.8 Å². The van der Waals surface area contributed by atoms with Crippen LogP contribution in [0.25, 0.3) is 0 Å². The summed E-state index contributed by atoms with van der Waals surface area (Å²) in [5.74, 6) is 0. The minimum atomic E-state index is 0.525. The predicted octanol–water partition coefficient (Wildman–Crippen LogP) is 2.02. The van der Waals surface area contributed by atoms with Crippen LogP contribution in [0.3, 0.4) is 0 Å². The summed E-state index contributed by atoms with van der Waals surface area (Å²) in [6, 6.07) is 2.22. The first-order valence-electron chi connectivity index (χ1n) is 4.85. The molecule has 0 aromatic heterocycles. The van der Waals surface area contributed by atoms with Gasteiger partial charge in [0.25, 0.3) is 0 Å². The molecule has 2 heteroatoms. The van der Waals surface area contributed by atoms with Crippen LogP contribution in [0.2, 0.25) is 0 Å². The largest absolute Gasteiger partial charge is 0.290 e. The third kappa shape index (κ3) is 1.78. The van der Waals surface area contributed by atoms with Gasteiger partial charge in [0, 0.05) is 6.54 Å². The average molecular weight is 166 g/mol. The van der Waals surface area contributed by atoms with Gasteiger partial charge < -0.3 is 0 Å². The summed E-state index contributed by atoms with van der Waals surface area (Å²) in [5.41, 5.74) is 0.525. The molecule has 0 N–H and O–H groups in total. The average Bonchev–Trinajstić information content (AvgIpc) is 2.50. The molecule has 0 unspecified atom stereocenters. The van der Waals surface area contributed by atoms with Crippen LogP contribution in [-0.2, 0) is 0 Å². The molecular weight excluding hydrogens is 148 g/mol. The summed E-state index contributed by atoms with van der Waals surface area (Å²) in [6.07, 6.45) is 3.79. The lowest BCUT2D eigenvalue weighted by atomic mass is 9.82. The molecule has 1 fully saturated rings. The van der Waals surface area contributed by atoms with E-state index in [4.69, 9.17) is 5.26 Å². The van der Waals surface area contributed by atoms with Crippen LogP contribution < -0.4 is 0 Å². The van der Waals surface area contributed by atoms with Crippen LogP contribution in [-0.4, -0.2) is 24.5 Å². The van der Waals surface area contributed by atoms with E-state index in [1.807, 2.05) is 0 Å². The highest BCUT2D eigenvalue weighted by atomic mass is 15.1. The molecule has 1 heterocycles. The van der Waals surface area contributed by atoms with Gasteiger partial charge in [-0.05, 0) is 31.2 Å². The van der Waals surface area contributed by atoms with Crippen LogP contribution in [0.1, 0.15) is 33.1 Å². The summed E-state index contributed by atoms with van der Waals surface area (Å²) in [5, 5.41) is 8.55. The molecular formula is C10H18N2. The highest BCUT2D eigenvalue weighted by molar-refractivity contribution is 4.91. The molecule has 0 aliphatic carbocycles. The van der Waals surface area contributed by atoms with Crippen molar-refractivity contribution in [1.29, 1.82) is 5.26 Å². The van der Waals surface area contributed by atoms with Gasteiger partial charge in [0.1, 0.15) is 0 Å². The van der Waals surface area contributed by atoms with E-state index in [1.165, 1.54) is 19.3 Å². The highest BCUT2D eigenvalue weighted by Crippen LogP contribution is 2.36. The second-order valence-electron chi connectivity index (χ2n) is 3.83. The lowest BCUT2D eigenvalue weighted by Crippen LogP contribution is -2.26. The molecule has 1 aliphatic heterocycles. The first-order valence-corrected chi connectivity index (χ1v) is 4.85. The van der Waals surface area contributed by atoms with Gasteiger partial charge in [0.2, 0.25) is 0 Å². The van der Waals surface area contributed by atoms with E-state index in [0.29, 0.717) is 12.0 Å². The second kappa shape index (κ2) is 3.91. The highest BCUT2D eigenvalue weighted by Gasteiger charge is 2.34. The fraction of sp³-hybridized carbons (Fsp3) is 0.900. The van der Waals surface area contributed by atoms with E-state index in [9.17, 15) is 0 Å². The number of rotatable bonds is 3. The Bertz CT molecular complexity index is 177. The third-order valence-electron chi connectivity index (χ3n) is 3.31. The maximum atomic E-state index is 8.55. The standard InChI is InChI=1S/C10H18N2/c1-3-10(4-2)5-7-12(9-10)8-6-11/h3-5,7-9H2,1-2H3. The molecule has 68 valence electrons. The van der Waals surface area contributed by atoms with Crippen molar-refractivity contribution in [3.63, 3.8) is 0 Å². The molecule has 0 amide bonds. The van der Waals surface area contributed by atoms with Crippen molar-refractivity contribution < 1.29 is 0 Å². The van der Waals surface area contributed by atoms with Crippen LogP contribution in [0.5, 0.6) is 0 Å². The molecule has 0 spiro atoms. The first kappa shape index (κ1) is 9.54. The Hall–Kier alpha value is -0.550. The van der Waals surface area contributed by atoms with Crippen molar-refractivity contribution in [2.75, 3.05) is 19.6 Å². The number of hydrogen-bond acceptors (Lipinski definition) is 2. The molecule has 0 radical (unpaired) electrons. The van der Waals surface area contributed by atoms with Crippen LogP contribution in [0, 0.1) is 16.7 Å². The lowest BCUT2D eigenvalue weighted by molar-refractivity contribution is 0.252. The summed E-state index contributed by atoms with van der Waals surface area (Å²) in [7, 11) is 0. The quantitative estimate of drug-likeness (QED) is 0.600. The molecule has 1 aliphatic rings. The molecule has 1 rings (SSSR count). The summed E-state index contributed by atoms with van der Waals surface area (Å²) < 4.78 is 0. The van der Waals surface area contributed by atoms with Gasteiger partial charge in [0.15, 0.2) is 0 Å². The minimum absolute atomic E-state index is 0.525. The zero-order valence-electron chi connectivity index (χ0n) is 8.14. The Morgan fingerprint density at radius 2 is 2.08 bits per heavy atom. The lowest BCUT2D eigenvalue weighted by Gasteiger charge is -2.25. The molecule has 2 nitrogen and oxygen atoms in total. The zero-order valence-corrected chi connectivity index (χ0v) is 8.14. The molecule has 1 saturated heterocycles. The van der Waals surface area contributed by atoms with Crippen molar-refractivity contribution in [3.05, 3.63) is 0 Å². The van der Waals surface area contributed by atoms with Crippen molar-refractivity contribution in [3.8, 4) is 6.07 Å². The van der Waals surface area contributed by atoms with E-state index in [1.54, 1.807) is 0 Å². The summed E-state index contributed by atoms with van der Waals surface area (Å²) in [6.45, 7) is 7.39. The normalized spacial score (nSPS) is 22.4. The number of hydrogen-bond donors (Lipinski definition) is 0. The second-order valence-corrected chi connectivity index (χ2v) is 3.83. The molecule has 12 heavy (non-hydrogen) atoms. The third-order valence-corrected chi connectivity index (χ3v) is 3.31. The Morgan fingerprint density at radius 3 is 2.50 bits per heavy atom. The van der Waals surface area contributed by atoms with Crippen molar-refractivity contribution in [1.82, 2.24) is 4.90 Å². The van der Waals surface area contributed by atoms with E-state index >= 15 is 0 Å². The van der Waals surface area contributed by atoms with Gasteiger partial charge in [0.05, 0.1) is 12.6 Å². The number of nitrogens with zero attached hydrogens (tertiary/aromatic N) is 2. The Morgan fingerprint density at radius 1 is 1.42 bits per heavy atom. The Kier molecular flexibility index (Phi) is 3.11. The van der Waals surface area contributed by atoms with Crippen LogP contribution >= 0.6 is 0 Å². The molecule has 0 aromatic carbocycles. The fourth-order valence-electron chi connectivity index (χ4n) is 2.09. The number of likely N-dealkylation sites (tertiary alicyclic amines) is 1. The SMILES string of the molecule is CCC1(CC)CCN(CC#N)C1. The van der Waals surface area contributed by atoms with E-state index < -0.39 is 0 Å². The van der Waals surface area contributed by atoms with Crippen molar-refractivity contribution in [2.24, 2.45) is 5.41 Å². The maximum Gasteiger partial charge on any atom is 0.0866 e.